The molecule has 0 N–H and O–H groups in total. The molecule has 0 saturated carbocycles. The van der Waals surface area contributed by atoms with Crippen LogP contribution in [0.2, 0.25) is 0 Å². The molecule has 1 rings (SSSR count). The van der Waals surface area contributed by atoms with Crippen molar-refractivity contribution in [3.63, 3.8) is 0 Å². The first-order valence-electron chi connectivity index (χ1n) is 5.03. The standard InChI is InChI=1S/C12H10N2O3S/c1-9(15)18-6-2-3-10-4-5-11(8-13)12(7-10)14(16)17/h2-5,7H,6H2,1H3. The minimum atomic E-state index is -0.583. The zero-order chi connectivity index (χ0) is 13.5. The Bertz CT molecular complexity index is 547. The van der Waals surface area contributed by atoms with Crippen LogP contribution >= 0.6 is 11.8 Å². The third kappa shape index (κ3) is 4.03. The number of nitrogens with zero attached hydrogens (tertiary/aromatic N) is 2. The molecule has 0 aromatic heterocycles. The Balaban J connectivity index is 2.86. The molecule has 0 bridgehead atoms. The summed E-state index contributed by atoms with van der Waals surface area (Å²) >= 11 is 1.16. The number of rotatable bonds is 4. The zero-order valence-electron chi connectivity index (χ0n) is 9.62. The lowest BCUT2D eigenvalue weighted by atomic mass is 10.1. The predicted molar refractivity (Wildman–Crippen MR) is 70.0 cm³/mol. The first kappa shape index (κ1) is 13.9. The van der Waals surface area contributed by atoms with E-state index in [-0.39, 0.29) is 16.4 Å². The summed E-state index contributed by atoms with van der Waals surface area (Å²) in [5, 5.41) is 19.5. The molecule has 1 aromatic carbocycles. The van der Waals surface area contributed by atoms with Crippen molar-refractivity contribution in [2.45, 2.75) is 6.92 Å². The van der Waals surface area contributed by atoms with E-state index in [0.717, 1.165) is 11.8 Å². The van der Waals surface area contributed by atoms with Gasteiger partial charge in [-0.05, 0) is 11.6 Å². The summed E-state index contributed by atoms with van der Waals surface area (Å²) in [4.78, 5) is 20.8. The maximum atomic E-state index is 10.7. The van der Waals surface area contributed by atoms with Gasteiger partial charge in [-0.25, -0.2) is 0 Å². The van der Waals surface area contributed by atoms with Crippen molar-refractivity contribution < 1.29 is 9.72 Å². The van der Waals surface area contributed by atoms with Gasteiger partial charge >= 0.3 is 0 Å². The molecule has 5 nitrogen and oxygen atoms in total. The van der Waals surface area contributed by atoms with E-state index >= 15 is 0 Å². The highest BCUT2D eigenvalue weighted by Gasteiger charge is 2.12. The van der Waals surface area contributed by atoms with Crippen molar-refractivity contribution >= 4 is 28.6 Å². The molecule has 0 aliphatic rings. The summed E-state index contributed by atoms with van der Waals surface area (Å²) in [6, 6.07) is 6.15. The van der Waals surface area contributed by atoms with Gasteiger partial charge in [-0.2, -0.15) is 5.26 Å². The summed E-state index contributed by atoms with van der Waals surface area (Å²) in [6.45, 7) is 1.48. The molecule has 0 aliphatic carbocycles. The first-order chi connectivity index (χ1) is 8.54. The van der Waals surface area contributed by atoms with E-state index in [4.69, 9.17) is 5.26 Å². The number of carbonyl (C=O) groups excluding carboxylic acids is 1. The van der Waals surface area contributed by atoms with Crippen LogP contribution in [0, 0.1) is 21.4 Å². The number of hydrogen-bond acceptors (Lipinski definition) is 5. The Labute approximate surface area is 108 Å². The van der Waals surface area contributed by atoms with Gasteiger partial charge in [0.15, 0.2) is 5.12 Å². The average molecular weight is 262 g/mol. The van der Waals surface area contributed by atoms with Crippen LogP contribution in [0.25, 0.3) is 6.08 Å². The zero-order valence-corrected chi connectivity index (χ0v) is 10.4. The Morgan fingerprint density at radius 1 is 1.61 bits per heavy atom. The number of nitriles is 1. The van der Waals surface area contributed by atoms with Gasteiger partial charge in [0, 0.05) is 18.7 Å². The Hall–Kier alpha value is -2.13. The van der Waals surface area contributed by atoms with Crippen LogP contribution in [0.5, 0.6) is 0 Å². The fourth-order valence-electron chi connectivity index (χ4n) is 1.25. The van der Waals surface area contributed by atoms with E-state index in [0.29, 0.717) is 11.3 Å². The highest BCUT2D eigenvalue weighted by molar-refractivity contribution is 8.13. The van der Waals surface area contributed by atoms with Crippen LogP contribution in [-0.4, -0.2) is 15.8 Å². The molecule has 0 unspecified atom stereocenters. The number of nitro groups is 1. The Kier molecular flexibility index (Phi) is 5.08. The molecule has 0 atom stereocenters. The minimum absolute atomic E-state index is 0.0189. The van der Waals surface area contributed by atoms with Gasteiger partial charge in [0.1, 0.15) is 11.6 Å². The largest absolute Gasteiger partial charge is 0.288 e. The van der Waals surface area contributed by atoms with Gasteiger partial charge in [-0.15, -0.1) is 0 Å². The quantitative estimate of drug-likeness (QED) is 0.615. The normalized spacial score (nSPS) is 10.2. The van der Waals surface area contributed by atoms with E-state index in [2.05, 4.69) is 0 Å². The predicted octanol–water partition coefficient (Wildman–Crippen LogP) is 2.76. The number of carbonyl (C=O) groups is 1. The van der Waals surface area contributed by atoms with Gasteiger partial charge in [-0.1, -0.05) is 30.0 Å². The summed E-state index contributed by atoms with van der Waals surface area (Å²) in [5.74, 6) is 0.517. The molecule has 0 radical (unpaired) electrons. The van der Waals surface area contributed by atoms with Crippen LogP contribution in [0.15, 0.2) is 24.3 Å². The molecule has 1 aromatic rings. The summed E-state index contributed by atoms with van der Waals surface area (Å²) in [5.41, 5.74) is 0.457. The number of thioether (sulfide) groups is 1. The maximum absolute atomic E-state index is 10.7. The van der Waals surface area contributed by atoms with E-state index in [1.54, 1.807) is 24.3 Å². The highest BCUT2D eigenvalue weighted by atomic mass is 32.2. The molecule has 0 saturated heterocycles. The molecule has 0 spiro atoms. The number of nitro benzene ring substituents is 1. The molecule has 0 heterocycles. The van der Waals surface area contributed by atoms with Crippen molar-refractivity contribution in [1.82, 2.24) is 0 Å². The third-order valence-corrected chi connectivity index (χ3v) is 2.80. The topological polar surface area (TPSA) is 84.0 Å². The van der Waals surface area contributed by atoms with Crippen LogP contribution in [0.4, 0.5) is 5.69 Å². The maximum Gasteiger partial charge on any atom is 0.287 e. The van der Waals surface area contributed by atoms with Crippen molar-refractivity contribution in [2.24, 2.45) is 0 Å². The second-order valence-corrected chi connectivity index (χ2v) is 4.55. The second-order valence-electron chi connectivity index (χ2n) is 3.35. The molecular weight excluding hydrogens is 252 g/mol. The van der Waals surface area contributed by atoms with E-state index in [1.807, 2.05) is 0 Å². The Morgan fingerprint density at radius 3 is 2.89 bits per heavy atom. The summed E-state index contributed by atoms with van der Waals surface area (Å²) in [6.07, 6.45) is 3.43. The number of hydrogen-bond donors (Lipinski definition) is 0. The molecule has 6 heteroatoms. The molecule has 18 heavy (non-hydrogen) atoms. The Morgan fingerprint density at radius 2 is 2.33 bits per heavy atom. The lowest BCUT2D eigenvalue weighted by Gasteiger charge is -1.97. The van der Waals surface area contributed by atoms with Crippen molar-refractivity contribution in [3.05, 3.63) is 45.5 Å². The van der Waals surface area contributed by atoms with E-state index < -0.39 is 4.92 Å². The lowest BCUT2D eigenvalue weighted by molar-refractivity contribution is -0.385. The van der Waals surface area contributed by atoms with Gasteiger partial charge in [0.05, 0.1) is 4.92 Å². The first-order valence-corrected chi connectivity index (χ1v) is 6.01. The minimum Gasteiger partial charge on any atom is -0.288 e. The highest BCUT2D eigenvalue weighted by Crippen LogP contribution is 2.20. The number of benzene rings is 1. The van der Waals surface area contributed by atoms with Crippen LogP contribution in [0.3, 0.4) is 0 Å². The molecule has 92 valence electrons. The third-order valence-electron chi connectivity index (χ3n) is 2.03. The van der Waals surface area contributed by atoms with Gasteiger partial charge in [0.25, 0.3) is 5.69 Å². The molecule has 0 amide bonds. The van der Waals surface area contributed by atoms with Crippen LogP contribution in [0.1, 0.15) is 18.1 Å². The monoisotopic (exact) mass is 262 g/mol. The van der Waals surface area contributed by atoms with Crippen molar-refractivity contribution in [3.8, 4) is 6.07 Å². The van der Waals surface area contributed by atoms with E-state index in [9.17, 15) is 14.9 Å². The molecule has 0 fully saturated rings. The lowest BCUT2D eigenvalue weighted by Crippen LogP contribution is -1.92. The average Bonchev–Trinajstić information content (AvgIpc) is 2.34. The van der Waals surface area contributed by atoms with E-state index in [1.165, 1.54) is 19.1 Å². The molecular formula is C12H10N2O3S. The SMILES string of the molecule is CC(=O)SCC=Cc1ccc(C#N)c([N+](=O)[O-])c1. The second kappa shape index (κ2) is 6.57. The van der Waals surface area contributed by atoms with Crippen LogP contribution in [-0.2, 0) is 4.79 Å². The van der Waals surface area contributed by atoms with Crippen molar-refractivity contribution in [2.75, 3.05) is 5.75 Å². The van der Waals surface area contributed by atoms with Gasteiger partial charge in [0.2, 0.25) is 0 Å². The summed E-state index contributed by atoms with van der Waals surface area (Å²) in [7, 11) is 0. The van der Waals surface area contributed by atoms with Crippen LogP contribution < -0.4 is 0 Å². The van der Waals surface area contributed by atoms with Crippen molar-refractivity contribution in [1.29, 1.82) is 5.26 Å². The summed E-state index contributed by atoms with van der Waals surface area (Å²) < 4.78 is 0. The fourth-order valence-corrected chi connectivity index (χ4v) is 1.67. The van der Waals surface area contributed by atoms with Gasteiger partial charge in [-0.3, -0.25) is 14.9 Å². The molecule has 0 aliphatic heterocycles. The smallest absolute Gasteiger partial charge is 0.287 e. The fraction of sp³-hybridized carbons (Fsp3) is 0.167. The van der Waals surface area contributed by atoms with Gasteiger partial charge < -0.3 is 0 Å².